The molecule has 0 aliphatic carbocycles. The number of thiocarbonyl (C=S) groups is 1. The zero-order valence-corrected chi connectivity index (χ0v) is 19.4. The average molecular weight is 505 g/mol. The summed E-state index contributed by atoms with van der Waals surface area (Å²) in [6.45, 7) is 0.435. The molecule has 3 aromatic rings. The molecule has 0 saturated heterocycles. The minimum atomic E-state index is -4.55. The molecule has 0 spiro atoms. The lowest BCUT2D eigenvalue weighted by molar-refractivity contribution is -0.173. The number of alkyl halides is 3. The Morgan fingerprint density at radius 1 is 1.17 bits per heavy atom. The van der Waals surface area contributed by atoms with Crippen molar-refractivity contribution in [3.8, 4) is 5.75 Å². The lowest BCUT2D eigenvalue weighted by Gasteiger charge is -2.34. The normalized spacial score (nSPS) is 17.0. The highest BCUT2D eigenvalue weighted by atomic mass is 32.1. The number of nitrogens with zero attached hydrogens (tertiary/aromatic N) is 2. The summed E-state index contributed by atoms with van der Waals surface area (Å²) in [5.41, 5.74) is 6.54. The van der Waals surface area contributed by atoms with Crippen molar-refractivity contribution in [2.75, 3.05) is 12.4 Å². The number of carbonyl (C=O) groups excluding carboxylic acids is 1. The van der Waals surface area contributed by atoms with Crippen molar-refractivity contribution < 1.29 is 22.7 Å². The second-order valence-corrected chi connectivity index (χ2v) is 8.27. The van der Waals surface area contributed by atoms with Gasteiger partial charge in [0.25, 0.3) is 5.91 Å². The van der Waals surface area contributed by atoms with Crippen LogP contribution in [0.25, 0.3) is 0 Å². The van der Waals surface area contributed by atoms with E-state index in [1.807, 2.05) is 30.3 Å². The van der Waals surface area contributed by atoms with Gasteiger partial charge in [0, 0.05) is 13.0 Å². The maximum Gasteiger partial charge on any atom is 0.410 e. The zero-order chi connectivity index (χ0) is 25.0. The average Bonchev–Trinajstić information content (AvgIpc) is 3.29. The van der Waals surface area contributed by atoms with Crippen LogP contribution in [0.2, 0.25) is 0 Å². The Balaban J connectivity index is 1.47. The van der Waals surface area contributed by atoms with Crippen LogP contribution in [0.1, 0.15) is 40.0 Å². The number of hydrazine groups is 1. The van der Waals surface area contributed by atoms with Gasteiger partial charge in [0.1, 0.15) is 17.1 Å². The topological polar surface area (TPSA) is 92.2 Å². The third-order valence-electron chi connectivity index (χ3n) is 5.59. The molecule has 35 heavy (non-hydrogen) atoms. The van der Waals surface area contributed by atoms with Gasteiger partial charge in [-0.3, -0.25) is 15.6 Å². The van der Waals surface area contributed by atoms with Crippen LogP contribution in [0.15, 0.2) is 60.8 Å². The van der Waals surface area contributed by atoms with Crippen molar-refractivity contribution in [1.82, 2.24) is 25.9 Å². The van der Waals surface area contributed by atoms with Crippen LogP contribution in [0.5, 0.6) is 5.75 Å². The standard InChI is InChI=1S/C23H23F3N6O2S/c1-34-16-9-7-15(8-10-16)18-11-19(23(24,25)26)32-20(29-18)17(13-28-32)21(33)30-31-22(35)27-12-14-5-3-2-4-6-14/h2-10,13,18-19,29H,11-12H2,1H3,(H,30,33)(H2,27,31,35). The van der Waals surface area contributed by atoms with Crippen molar-refractivity contribution in [2.24, 2.45) is 0 Å². The van der Waals surface area contributed by atoms with E-state index >= 15 is 0 Å². The molecule has 0 fully saturated rings. The summed E-state index contributed by atoms with van der Waals surface area (Å²) < 4.78 is 47.5. The van der Waals surface area contributed by atoms with Gasteiger partial charge in [-0.2, -0.15) is 18.3 Å². The number of hydrogen-bond acceptors (Lipinski definition) is 5. The molecule has 0 bridgehead atoms. The number of halogens is 3. The van der Waals surface area contributed by atoms with Gasteiger partial charge in [-0.05, 0) is 35.5 Å². The fraction of sp³-hybridized carbons (Fsp3) is 0.261. The molecule has 2 aromatic carbocycles. The van der Waals surface area contributed by atoms with Crippen molar-refractivity contribution in [2.45, 2.75) is 31.2 Å². The van der Waals surface area contributed by atoms with Gasteiger partial charge in [-0.1, -0.05) is 42.5 Å². The molecule has 4 N–H and O–H groups in total. The molecule has 12 heteroatoms. The molecule has 1 aromatic heterocycles. The van der Waals surface area contributed by atoms with Gasteiger partial charge < -0.3 is 15.4 Å². The van der Waals surface area contributed by atoms with Crippen LogP contribution in [0.4, 0.5) is 19.0 Å². The predicted molar refractivity (Wildman–Crippen MR) is 128 cm³/mol. The third kappa shape index (κ3) is 5.65. The third-order valence-corrected chi connectivity index (χ3v) is 5.83. The van der Waals surface area contributed by atoms with Gasteiger partial charge >= 0.3 is 6.18 Å². The summed E-state index contributed by atoms with van der Waals surface area (Å²) in [7, 11) is 1.51. The second kappa shape index (κ2) is 10.2. The lowest BCUT2D eigenvalue weighted by Crippen LogP contribution is -2.46. The van der Waals surface area contributed by atoms with Crippen LogP contribution in [-0.4, -0.2) is 34.1 Å². The molecule has 1 aliphatic heterocycles. The Kier molecular flexibility index (Phi) is 7.10. The minimum Gasteiger partial charge on any atom is -0.497 e. The summed E-state index contributed by atoms with van der Waals surface area (Å²) in [4.78, 5) is 12.8. The number of ether oxygens (including phenoxy) is 1. The second-order valence-electron chi connectivity index (χ2n) is 7.86. The molecule has 0 radical (unpaired) electrons. The van der Waals surface area contributed by atoms with Crippen molar-refractivity contribution in [3.63, 3.8) is 0 Å². The summed E-state index contributed by atoms with van der Waals surface area (Å²) in [6, 6.07) is 13.6. The molecule has 2 unspecified atom stereocenters. The van der Waals surface area contributed by atoms with E-state index in [4.69, 9.17) is 17.0 Å². The van der Waals surface area contributed by atoms with Gasteiger partial charge in [0.15, 0.2) is 11.2 Å². The zero-order valence-electron chi connectivity index (χ0n) is 18.6. The molecular formula is C23H23F3N6O2S. The van der Waals surface area contributed by atoms with E-state index in [9.17, 15) is 18.0 Å². The van der Waals surface area contributed by atoms with E-state index in [0.29, 0.717) is 17.9 Å². The van der Waals surface area contributed by atoms with Gasteiger partial charge in [-0.25, -0.2) is 4.68 Å². The Morgan fingerprint density at radius 2 is 1.89 bits per heavy atom. The summed E-state index contributed by atoms with van der Waals surface area (Å²) in [6.07, 6.45) is -3.73. The maximum absolute atomic E-state index is 13.9. The van der Waals surface area contributed by atoms with E-state index in [-0.39, 0.29) is 22.9 Å². The molecule has 8 nitrogen and oxygen atoms in total. The number of rotatable bonds is 5. The van der Waals surface area contributed by atoms with Gasteiger partial charge in [0.05, 0.1) is 19.3 Å². The SMILES string of the molecule is COc1ccc(C2CC(C(F)(F)F)n3ncc(C(=O)NNC(=S)NCc4ccccc4)c3N2)cc1. The minimum absolute atomic E-state index is 0.0261. The number of hydrogen-bond donors (Lipinski definition) is 4. The first-order valence-corrected chi connectivity index (χ1v) is 11.1. The van der Waals surface area contributed by atoms with E-state index in [2.05, 4.69) is 26.6 Å². The van der Waals surface area contributed by atoms with Gasteiger partial charge in [-0.15, -0.1) is 0 Å². The Labute approximate surface area is 204 Å². The highest BCUT2D eigenvalue weighted by Crippen LogP contribution is 2.44. The fourth-order valence-corrected chi connectivity index (χ4v) is 3.91. The first-order chi connectivity index (χ1) is 16.8. The monoisotopic (exact) mass is 504 g/mol. The number of benzene rings is 2. The Morgan fingerprint density at radius 3 is 2.54 bits per heavy atom. The first kappa shape index (κ1) is 24.3. The summed E-state index contributed by atoms with van der Waals surface area (Å²) in [5, 5.41) is 9.99. The highest BCUT2D eigenvalue weighted by molar-refractivity contribution is 7.80. The van der Waals surface area contributed by atoms with Crippen LogP contribution in [0.3, 0.4) is 0 Å². The van der Waals surface area contributed by atoms with Crippen LogP contribution >= 0.6 is 12.2 Å². The molecule has 0 saturated carbocycles. The molecule has 4 rings (SSSR count). The van der Waals surface area contributed by atoms with Crippen molar-refractivity contribution in [3.05, 3.63) is 77.5 Å². The van der Waals surface area contributed by atoms with E-state index in [1.165, 1.54) is 7.11 Å². The van der Waals surface area contributed by atoms with E-state index in [0.717, 1.165) is 16.4 Å². The Hall–Kier alpha value is -3.80. The molecule has 1 amide bonds. The lowest BCUT2D eigenvalue weighted by atomic mass is 9.96. The maximum atomic E-state index is 13.9. The van der Waals surface area contributed by atoms with Gasteiger partial charge in [0.2, 0.25) is 0 Å². The number of aromatic nitrogens is 2. The first-order valence-electron chi connectivity index (χ1n) is 10.7. The van der Waals surface area contributed by atoms with E-state index in [1.54, 1.807) is 24.3 Å². The van der Waals surface area contributed by atoms with E-state index < -0.39 is 24.2 Å². The summed E-state index contributed by atoms with van der Waals surface area (Å²) in [5.74, 6) is -0.120. The number of amides is 1. The van der Waals surface area contributed by atoms with Crippen molar-refractivity contribution in [1.29, 1.82) is 0 Å². The number of nitrogens with one attached hydrogen (secondary N) is 4. The number of anilines is 1. The largest absolute Gasteiger partial charge is 0.497 e. The molecule has 184 valence electrons. The number of methoxy groups -OCH3 is 1. The smallest absolute Gasteiger partial charge is 0.410 e. The number of carbonyl (C=O) groups is 1. The quantitative estimate of drug-likeness (QED) is 0.310. The van der Waals surface area contributed by atoms with Crippen LogP contribution in [-0.2, 0) is 6.54 Å². The molecule has 1 aliphatic rings. The highest BCUT2D eigenvalue weighted by Gasteiger charge is 2.47. The van der Waals surface area contributed by atoms with Crippen LogP contribution in [0, 0.1) is 0 Å². The molecule has 2 heterocycles. The number of fused-ring (bicyclic) bond motifs is 1. The van der Waals surface area contributed by atoms with Crippen molar-refractivity contribution >= 4 is 29.1 Å². The van der Waals surface area contributed by atoms with Crippen LogP contribution < -0.4 is 26.2 Å². The Bertz CT molecular complexity index is 1180. The summed E-state index contributed by atoms with van der Waals surface area (Å²) >= 11 is 5.16. The fourth-order valence-electron chi connectivity index (χ4n) is 3.79. The molecule has 2 atom stereocenters. The molecular weight excluding hydrogens is 481 g/mol. The predicted octanol–water partition coefficient (Wildman–Crippen LogP) is 3.86.